The largest absolute Gasteiger partial charge is 0.323 e. The van der Waals surface area contributed by atoms with Crippen LogP contribution in [-0.4, -0.2) is 30.0 Å². The fourth-order valence-electron chi connectivity index (χ4n) is 3.56. The fourth-order valence-corrected chi connectivity index (χ4v) is 3.95. The van der Waals surface area contributed by atoms with Gasteiger partial charge in [0.2, 0.25) is 5.95 Å². The summed E-state index contributed by atoms with van der Waals surface area (Å²) >= 11 is 6.76. The number of hydrogen-bond acceptors (Lipinski definition) is 5. The van der Waals surface area contributed by atoms with Crippen LogP contribution in [0.1, 0.15) is 28.4 Å². The first kappa shape index (κ1) is 18.5. The average Bonchev–Trinajstić information content (AvgIpc) is 3.33. The molecule has 5 rings (SSSR count). The second-order valence-electron chi connectivity index (χ2n) is 7.14. The SMILES string of the molecule is Cc1ccc(C2=C[C@@H](c3c(C)nn(-c4ccc(F)cc4)c3Cl)n3nnnc3N2)cc1. The van der Waals surface area contributed by atoms with Crippen LogP contribution in [-0.2, 0) is 0 Å². The summed E-state index contributed by atoms with van der Waals surface area (Å²) in [6, 6.07) is 13.9. The summed E-state index contributed by atoms with van der Waals surface area (Å²) in [5.74, 6) is 0.199. The molecule has 4 aromatic rings. The molecule has 0 unspecified atom stereocenters. The zero-order valence-corrected chi connectivity index (χ0v) is 17.0. The number of rotatable bonds is 3. The molecule has 150 valence electrons. The van der Waals surface area contributed by atoms with Gasteiger partial charge in [0.1, 0.15) is 17.0 Å². The van der Waals surface area contributed by atoms with E-state index >= 15 is 0 Å². The molecule has 0 spiro atoms. The van der Waals surface area contributed by atoms with E-state index in [0.717, 1.165) is 22.5 Å². The molecule has 1 atom stereocenters. The Morgan fingerprint density at radius 1 is 1.03 bits per heavy atom. The number of hydrogen-bond donors (Lipinski definition) is 1. The van der Waals surface area contributed by atoms with Crippen molar-refractivity contribution < 1.29 is 4.39 Å². The number of aromatic nitrogens is 6. The Morgan fingerprint density at radius 2 is 1.77 bits per heavy atom. The third-order valence-corrected chi connectivity index (χ3v) is 5.47. The molecule has 1 N–H and O–H groups in total. The highest BCUT2D eigenvalue weighted by molar-refractivity contribution is 6.30. The third-order valence-electron chi connectivity index (χ3n) is 5.10. The molecule has 7 nitrogen and oxygen atoms in total. The lowest BCUT2D eigenvalue weighted by atomic mass is 10.0. The molecule has 0 amide bonds. The van der Waals surface area contributed by atoms with Crippen molar-refractivity contribution in [3.8, 4) is 5.69 Å². The van der Waals surface area contributed by atoms with E-state index in [0.29, 0.717) is 16.8 Å². The van der Waals surface area contributed by atoms with Gasteiger partial charge in [-0.2, -0.15) is 9.78 Å². The Labute approximate surface area is 176 Å². The van der Waals surface area contributed by atoms with Gasteiger partial charge in [-0.25, -0.2) is 9.07 Å². The number of fused-ring (bicyclic) bond motifs is 1. The number of allylic oxidation sites excluding steroid dienone is 1. The zero-order chi connectivity index (χ0) is 20.8. The van der Waals surface area contributed by atoms with Crippen LogP contribution in [0.3, 0.4) is 0 Å². The van der Waals surface area contributed by atoms with E-state index in [-0.39, 0.29) is 11.9 Å². The maximum atomic E-state index is 13.3. The molecule has 3 heterocycles. The minimum absolute atomic E-state index is 0.318. The molecular weight excluding hydrogens is 405 g/mol. The predicted molar refractivity (Wildman–Crippen MR) is 112 cm³/mol. The standard InChI is InChI=1S/C21H17ClFN7/c1-12-3-5-14(6-4-12)17-11-18(30-21(24-17)25-27-28-30)19-13(2)26-29(20(19)22)16-9-7-15(23)8-10-16/h3-11,18H,1-2H3,(H,24,25,28)/t18-/m0/s1. The topological polar surface area (TPSA) is 73.5 Å². The van der Waals surface area contributed by atoms with Crippen molar-refractivity contribution in [2.24, 2.45) is 0 Å². The molecule has 0 saturated heterocycles. The molecule has 1 aliphatic rings. The van der Waals surface area contributed by atoms with E-state index in [4.69, 9.17) is 11.6 Å². The van der Waals surface area contributed by atoms with Crippen molar-refractivity contribution >= 4 is 23.2 Å². The van der Waals surface area contributed by atoms with Gasteiger partial charge in [-0.3, -0.25) is 0 Å². The first-order chi connectivity index (χ1) is 14.5. The summed E-state index contributed by atoms with van der Waals surface area (Å²) in [4.78, 5) is 0. The van der Waals surface area contributed by atoms with Crippen LogP contribution in [0.2, 0.25) is 5.15 Å². The Morgan fingerprint density at radius 3 is 2.50 bits per heavy atom. The molecule has 2 aromatic heterocycles. The number of tetrazole rings is 1. The lowest BCUT2D eigenvalue weighted by molar-refractivity contribution is 0.584. The highest BCUT2D eigenvalue weighted by atomic mass is 35.5. The van der Waals surface area contributed by atoms with Gasteiger partial charge in [-0.1, -0.05) is 46.5 Å². The monoisotopic (exact) mass is 421 g/mol. The molecule has 0 bridgehead atoms. The maximum Gasteiger partial charge on any atom is 0.248 e. The van der Waals surface area contributed by atoms with Crippen LogP contribution in [0.25, 0.3) is 11.4 Å². The first-order valence-electron chi connectivity index (χ1n) is 9.36. The van der Waals surface area contributed by atoms with Crippen LogP contribution < -0.4 is 5.32 Å². The van der Waals surface area contributed by atoms with E-state index in [1.807, 2.05) is 32.1 Å². The molecule has 1 aliphatic heterocycles. The van der Waals surface area contributed by atoms with E-state index < -0.39 is 0 Å². The Bertz CT molecular complexity index is 1260. The van der Waals surface area contributed by atoms with E-state index in [1.165, 1.54) is 17.7 Å². The zero-order valence-electron chi connectivity index (χ0n) is 16.2. The quantitative estimate of drug-likeness (QED) is 0.533. The highest BCUT2D eigenvalue weighted by Gasteiger charge is 2.30. The molecule has 0 radical (unpaired) electrons. The van der Waals surface area contributed by atoms with Crippen molar-refractivity contribution in [2.75, 3.05) is 5.32 Å². The van der Waals surface area contributed by atoms with Crippen molar-refractivity contribution in [3.63, 3.8) is 0 Å². The van der Waals surface area contributed by atoms with Crippen LogP contribution in [0, 0.1) is 19.7 Å². The summed E-state index contributed by atoms with van der Waals surface area (Å²) in [5, 5.41) is 20.3. The van der Waals surface area contributed by atoms with E-state index in [9.17, 15) is 4.39 Å². The lowest BCUT2D eigenvalue weighted by Gasteiger charge is -2.23. The number of benzene rings is 2. The van der Waals surface area contributed by atoms with Crippen LogP contribution in [0.15, 0.2) is 54.6 Å². The average molecular weight is 422 g/mol. The number of nitrogens with one attached hydrogen (secondary N) is 1. The van der Waals surface area contributed by atoms with Gasteiger partial charge in [0.25, 0.3) is 0 Å². The normalized spacial score (nSPS) is 15.5. The summed E-state index contributed by atoms with van der Waals surface area (Å²) in [7, 11) is 0. The van der Waals surface area contributed by atoms with E-state index in [1.54, 1.807) is 21.5 Å². The summed E-state index contributed by atoms with van der Waals surface area (Å²) < 4.78 is 16.6. The number of aryl methyl sites for hydroxylation is 2. The Kier molecular flexibility index (Phi) is 4.36. The molecule has 30 heavy (non-hydrogen) atoms. The molecular formula is C21H17ClFN7. The third kappa shape index (κ3) is 3.05. The second-order valence-corrected chi connectivity index (χ2v) is 7.50. The minimum Gasteiger partial charge on any atom is -0.323 e. The highest BCUT2D eigenvalue weighted by Crippen LogP contribution is 2.37. The van der Waals surface area contributed by atoms with Gasteiger partial charge in [-0.15, -0.1) is 0 Å². The summed E-state index contributed by atoms with van der Waals surface area (Å²) in [6.07, 6.45) is 2.03. The Hall–Kier alpha value is -3.52. The smallest absolute Gasteiger partial charge is 0.248 e. The first-order valence-corrected chi connectivity index (χ1v) is 9.74. The second kappa shape index (κ2) is 7.07. The molecule has 9 heteroatoms. The number of halogens is 2. The van der Waals surface area contributed by atoms with Gasteiger partial charge in [0.15, 0.2) is 0 Å². The van der Waals surface area contributed by atoms with Crippen LogP contribution in [0.5, 0.6) is 0 Å². The van der Waals surface area contributed by atoms with E-state index in [2.05, 4.69) is 38.1 Å². The van der Waals surface area contributed by atoms with Crippen molar-refractivity contribution in [3.05, 3.63) is 88.0 Å². The molecule has 0 saturated carbocycles. The number of nitrogens with zero attached hydrogens (tertiary/aromatic N) is 6. The van der Waals surface area contributed by atoms with Gasteiger partial charge in [0.05, 0.1) is 11.4 Å². The summed E-state index contributed by atoms with van der Waals surface area (Å²) in [6.45, 7) is 3.93. The van der Waals surface area contributed by atoms with Gasteiger partial charge < -0.3 is 5.32 Å². The minimum atomic E-state index is -0.353. The molecule has 0 aliphatic carbocycles. The van der Waals surface area contributed by atoms with Crippen molar-refractivity contribution in [1.82, 2.24) is 30.0 Å². The Balaban J connectivity index is 1.63. The van der Waals surface area contributed by atoms with Crippen molar-refractivity contribution in [1.29, 1.82) is 0 Å². The predicted octanol–water partition coefficient (Wildman–Crippen LogP) is 4.32. The van der Waals surface area contributed by atoms with Crippen LogP contribution in [0.4, 0.5) is 10.3 Å². The van der Waals surface area contributed by atoms with Crippen LogP contribution >= 0.6 is 11.6 Å². The molecule has 2 aromatic carbocycles. The summed E-state index contributed by atoms with van der Waals surface area (Å²) in [5.41, 5.74) is 5.25. The van der Waals surface area contributed by atoms with Gasteiger partial charge >= 0.3 is 0 Å². The van der Waals surface area contributed by atoms with Gasteiger partial charge in [-0.05, 0) is 60.2 Å². The molecule has 0 fully saturated rings. The van der Waals surface area contributed by atoms with Gasteiger partial charge in [0, 0.05) is 11.3 Å². The number of anilines is 1. The maximum absolute atomic E-state index is 13.3. The lowest BCUT2D eigenvalue weighted by Crippen LogP contribution is -2.20. The van der Waals surface area contributed by atoms with Crippen molar-refractivity contribution in [2.45, 2.75) is 19.9 Å². The fraction of sp³-hybridized carbons (Fsp3) is 0.143.